The van der Waals surface area contributed by atoms with Crippen LogP contribution in [0.5, 0.6) is 0 Å². The fourth-order valence-corrected chi connectivity index (χ4v) is 34.3. The van der Waals surface area contributed by atoms with Gasteiger partial charge in [0.05, 0.1) is 0 Å². The molecule has 0 unspecified atom stereocenters. The van der Waals surface area contributed by atoms with Gasteiger partial charge in [0, 0.05) is 24.2 Å². The summed E-state index contributed by atoms with van der Waals surface area (Å²) in [6.07, 6.45) is 1.73. The fourth-order valence-electron chi connectivity index (χ4n) is 4.99. The zero-order valence-electron chi connectivity index (χ0n) is 34.1. The van der Waals surface area contributed by atoms with E-state index < -0.39 is 67.5 Å². The van der Waals surface area contributed by atoms with E-state index in [-0.39, 0.29) is 5.97 Å². The van der Waals surface area contributed by atoms with E-state index in [0.29, 0.717) is 18.7 Å². The van der Waals surface area contributed by atoms with Gasteiger partial charge in [0.2, 0.25) is 0 Å². The molecule has 9 nitrogen and oxygen atoms in total. The van der Waals surface area contributed by atoms with Crippen LogP contribution in [0.15, 0.2) is 12.2 Å². The molecule has 0 aromatic rings. The molecule has 0 aromatic heterocycles. The molecule has 0 aliphatic carbocycles. The van der Waals surface area contributed by atoms with E-state index in [0.717, 1.165) is 38.0 Å². The van der Waals surface area contributed by atoms with Crippen molar-refractivity contribution in [2.24, 2.45) is 0 Å². The van der Waals surface area contributed by atoms with Crippen LogP contribution in [0.4, 0.5) is 0 Å². The number of carbonyl (C=O) groups excluding carboxylic acids is 1. The van der Waals surface area contributed by atoms with Gasteiger partial charge >= 0.3 is 23.6 Å². The Kier molecular flexibility index (Phi) is 18.7. The summed E-state index contributed by atoms with van der Waals surface area (Å²) in [5, 5.41) is 0. The summed E-state index contributed by atoms with van der Waals surface area (Å²) >= 11 is 0. The molecule has 280 valence electrons. The number of hydrogen-bond acceptors (Lipinski definition) is 9. The fraction of sp³-hybridized carbons (Fsp3) is 0.900. The number of rotatable bonds is 24. The van der Waals surface area contributed by atoms with Crippen molar-refractivity contribution in [2.45, 2.75) is 150 Å². The first-order valence-electron chi connectivity index (χ1n) is 17.4. The number of carbonyl (C=O) groups is 1. The highest BCUT2D eigenvalue weighted by Crippen LogP contribution is 2.32. The minimum atomic E-state index is -2.95. The van der Waals surface area contributed by atoms with Crippen molar-refractivity contribution in [2.75, 3.05) is 26.2 Å². The average molecular weight is 803 g/mol. The van der Waals surface area contributed by atoms with Crippen LogP contribution in [0.1, 0.15) is 19.8 Å². The molecule has 0 spiro atoms. The first kappa shape index (κ1) is 47.7. The minimum Gasteiger partial charge on any atom is -0.461 e. The van der Waals surface area contributed by atoms with E-state index in [1.807, 2.05) is 0 Å². The third kappa shape index (κ3) is 25.3. The normalized spacial score (nSPS) is 14.6. The topological polar surface area (TPSA) is 84.9 Å². The van der Waals surface area contributed by atoms with Crippen molar-refractivity contribution in [3.8, 4) is 0 Å². The van der Waals surface area contributed by atoms with E-state index in [1.54, 1.807) is 6.92 Å². The van der Waals surface area contributed by atoms with E-state index >= 15 is 0 Å². The summed E-state index contributed by atoms with van der Waals surface area (Å²) in [5.74, 6) is -0.353. The summed E-state index contributed by atoms with van der Waals surface area (Å²) in [5.41, 5.74) is 0.411. The highest BCUT2D eigenvalue weighted by Gasteiger charge is 2.51. The first-order valence-corrected chi connectivity index (χ1v) is 41.7. The molecular weight excluding hydrogens is 727 g/mol. The van der Waals surface area contributed by atoms with E-state index in [2.05, 4.69) is 129 Å². The van der Waals surface area contributed by atoms with Gasteiger partial charge in [0.25, 0.3) is 0 Å². The molecule has 0 aromatic carbocycles. The van der Waals surface area contributed by atoms with Gasteiger partial charge in [-0.05, 0) is 151 Å². The third-order valence-corrected chi connectivity index (χ3v) is 29.8. The van der Waals surface area contributed by atoms with Crippen LogP contribution in [-0.2, 0) is 34.2 Å². The van der Waals surface area contributed by atoms with Crippen LogP contribution in [0.25, 0.3) is 0 Å². The van der Waals surface area contributed by atoms with Gasteiger partial charge in [0.15, 0.2) is 49.9 Å². The van der Waals surface area contributed by atoms with Crippen LogP contribution < -0.4 is 0 Å². The molecule has 0 atom stereocenters. The van der Waals surface area contributed by atoms with Crippen LogP contribution >= 0.6 is 0 Å². The SMILES string of the molecule is C=C(C)C(=O)OCCN(CCC[Si](O[Si](C)(C)C)(O[Si](C)(C)C)O[Si](C)(C)C)CCC[Si](O[Si](C)(C)C)(O[Si](C)(C)C)O[Si](C)(C)C. The zero-order valence-corrected chi connectivity index (χ0v) is 42.1. The molecule has 17 heteroatoms. The van der Waals surface area contributed by atoms with Crippen molar-refractivity contribution >= 4 is 73.5 Å². The Balaban J connectivity index is 6.26. The van der Waals surface area contributed by atoms with Crippen LogP contribution in [0, 0.1) is 0 Å². The second kappa shape index (κ2) is 18.4. The average Bonchev–Trinajstić information content (AvgIpc) is 2.70. The van der Waals surface area contributed by atoms with Crippen LogP contribution in [-0.4, -0.2) is 105 Å². The summed E-state index contributed by atoms with van der Waals surface area (Å²) < 4.78 is 47.2. The molecule has 0 radical (unpaired) electrons. The Morgan fingerprint density at radius 2 is 0.745 bits per heavy atom. The van der Waals surface area contributed by atoms with Gasteiger partial charge in [-0.25, -0.2) is 4.79 Å². The van der Waals surface area contributed by atoms with Crippen molar-refractivity contribution in [3.63, 3.8) is 0 Å². The van der Waals surface area contributed by atoms with E-state index in [1.165, 1.54) is 0 Å². The highest BCUT2D eigenvalue weighted by atomic mass is 28.5. The Bertz CT molecular complexity index is 834. The van der Waals surface area contributed by atoms with Crippen molar-refractivity contribution in [3.05, 3.63) is 12.2 Å². The van der Waals surface area contributed by atoms with Crippen LogP contribution in [0.3, 0.4) is 0 Å². The zero-order chi connectivity index (χ0) is 37.3. The standard InChI is InChI=1S/C30H75NO8Si8/c1-29(2)30(32)33-26-25-31(23-21-27-46(34-40(3,4)5,35-41(6,7)8)36-42(9,10)11)24-22-28-47(37-43(12,13)14,38-44(15,16)17)39-45(18,19)20/h1,21-28H2,2-20H3. The van der Waals surface area contributed by atoms with E-state index in [4.69, 9.17) is 29.4 Å². The molecule has 0 heterocycles. The maximum Gasteiger partial charge on any atom is 0.469 e. The molecular formula is C30H75NO8Si8. The van der Waals surface area contributed by atoms with Crippen LogP contribution in [0.2, 0.25) is 130 Å². The monoisotopic (exact) mass is 801 g/mol. The number of ether oxygens (including phenoxy) is 1. The lowest BCUT2D eigenvalue weighted by Gasteiger charge is -2.43. The number of nitrogens with zero attached hydrogens (tertiary/aromatic N) is 1. The van der Waals surface area contributed by atoms with Gasteiger partial charge in [-0.15, -0.1) is 0 Å². The van der Waals surface area contributed by atoms with Gasteiger partial charge in [-0.2, -0.15) is 0 Å². The molecule has 0 saturated carbocycles. The summed E-state index contributed by atoms with van der Waals surface area (Å²) in [4.78, 5) is 14.6. The Hall–Kier alpha value is 0.665. The lowest BCUT2D eigenvalue weighted by Crippen LogP contribution is -2.60. The second-order valence-electron chi connectivity index (χ2n) is 18.6. The lowest BCUT2D eigenvalue weighted by atomic mass is 10.3. The predicted molar refractivity (Wildman–Crippen MR) is 219 cm³/mol. The maximum absolute atomic E-state index is 12.2. The van der Waals surface area contributed by atoms with Gasteiger partial charge < -0.3 is 29.4 Å². The molecule has 0 amide bonds. The molecule has 0 rings (SSSR count). The predicted octanol–water partition coefficient (Wildman–Crippen LogP) is 9.17. The Labute approximate surface area is 299 Å². The molecule has 0 aliphatic rings. The van der Waals surface area contributed by atoms with E-state index in [9.17, 15) is 4.79 Å². The lowest BCUT2D eigenvalue weighted by molar-refractivity contribution is -0.139. The minimum absolute atomic E-state index is 0.307. The summed E-state index contributed by atoms with van der Waals surface area (Å²) in [6.45, 7) is 48.0. The molecule has 0 fully saturated rings. The molecule has 0 saturated heterocycles. The van der Waals surface area contributed by atoms with Crippen molar-refractivity contribution in [1.29, 1.82) is 0 Å². The molecule has 0 bridgehead atoms. The van der Waals surface area contributed by atoms with Gasteiger partial charge in [0.1, 0.15) is 6.61 Å². The van der Waals surface area contributed by atoms with Crippen molar-refractivity contribution in [1.82, 2.24) is 4.90 Å². The number of hydrogen-bond donors (Lipinski definition) is 0. The summed E-state index contributed by atoms with van der Waals surface area (Å²) in [7, 11) is -17.7. The summed E-state index contributed by atoms with van der Waals surface area (Å²) in [6, 6.07) is 1.53. The molecule has 0 N–H and O–H groups in total. The Morgan fingerprint density at radius 1 is 0.489 bits per heavy atom. The smallest absolute Gasteiger partial charge is 0.461 e. The third-order valence-electron chi connectivity index (χ3n) is 5.67. The Morgan fingerprint density at radius 3 is 0.957 bits per heavy atom. The van der Waals surface area contributed by atoms with Gasteiger partial charge in [-0.3, -0.25) is 4.90 Å². The number of esters is 1. The maximum atomic E-state index is 12.2. The van der Waals surface area contributed by atoms with Crippen molar-refractivity contribution < 1.29 is 34.2 Å². The molecule has 47 heavy (non-hydrogen) atoms. The highest BCUT2D eigenvalue weighted by molar-refractivity contribution is 6.91. The van der Waals surface area contributed by atoms with Gasteiger partial charge in [-0.1, -0.05) is 6.58 Å². The largest absolute Gasteiger partial charge is 0.469 e. The quantitative estimate of drug-likeness (QED) is 0.0539. The molecule has 0 aliphatic heterocycles. The first-order chi connectivity index (χ1) is 20.6. The second-order valence-corrected chi connectivity index (χ2v) is 52.6.